The molecule has 0 unspecified atom stereocenters. The van der Waals surface area contributed by atoms with E-state index < -0.39 is 12.1 Å². The van der Waals surface area contributed by atoms with E-state index in [0.29, 0.717) is 17.0 Å². The highest BCUT2D eigenvalue weighted by atomic mass is 16.5. The molecular formula is C20H24N2O4. The minimum atomic E-state index is -0.926. The molecule has 1 aliphatic carbocycles. The summed E-state index contributed by atoms with van der Waals surface area (Å²) < 4.78 is 10.5. The summed E-state index contributed by atoms with van der Waals surface area (Å²) in [4.78, 5) is 24.9. The van der Waals surface area contributed by atoms with Crippen LogP contribution in [-0.4, -0.2) is 23.1 Å². The van der Waals surface area contributed by atoms with Gasteiger partial charge in [-0.05, 0) is 56.4 Å². The van der Waals surface area contributed by atoms with Gasteiger partial charge >= 0.3 is 5.97 Å². The van der Waals surface area contributed by atoms with Gasteiger partial charge in [-0.2, -0.15) is 0 Å². The zero-order valence-electron chi connectivity index (χ0n) is 15.6. The van der Waals surface area contributed by atoms with Crippen molar-refractivity contribution in [2.24, 2.45) is 0 Å². The average Bonchev–Trinajstić information content (AvgIpc) is 3.20. The summed E-state index contributed by atoms with van der Waals surface area (Å²) in [7, 11) is 0. The molecular weight excluding hydrogens is 332 g/mol. The Morgan fingerprint density at radius 1 is 1.19 bits per heavy atom. The minimum absolute atomic E-state index is 0.00528. The van der Waals surface area contributed by atoms with E-state index >= 15 is 0 Å². The number of benzene rings is 1. The number of fused-ring (bicyclic) bond motifs is 1. The number of anilines is 1. The predicted molar refractivity (Wildman–Crippen MR) is 97.3 cm³/mol. The molecule has 1 heterocycles. The molecule has 1 atom stereocenters. The lowest BCUT2D eigenvalue weighted by Crippen LogP contribution is -2.30. The predicted octanol–water partition coefficient (Wildman–Crippen LogP) is 3.78. The molecule has 1 amide bonds. The molecule has 2 aromatic rings. The molecule has 6 nitrogen and oxygen atoms in total. The summed E-state index contributed by atoms with van der Waals surface area (Å²) in [5.41, 5.74) is 4.10. The third kappa shape index (κ3) is 3.64. The first-order valence-electron chi connectivity index (χ1n) is 8.96. The molecule has 1 aliphatic rings. The number of carbonyl (C=O) groups is 2. The van der Waals surface area contributed by atoms with Crippen molar-refractivity contribution in [3.63, 3.8) is 0 Å². The van der Waals surface area contributed by atoms with Crippen molar-refractivity contribution < 1.29 is 18.8 Å². The molecule has 0 radical (unpaired) electrons. The highest BCUT2D eigenvalue weighted by molar-refractivity contribution is 5.98. The minimum Gasteiger partial charge on any atom is -0.449 e. The van der Waals surface area contributed by atoms with Gasteiger partial charge in [0.25, 0.3) is 5.91 Å². The molecule has 1 N–H and O–H groups in total. The SMILES string of the molecule is Cc1noc(C(C)C)c1C(=O)O[C@@H](C)C(=O)Nc1ccc2c(c1)CCC2. The van der Waals surface area contributed by atoms with E-state index in [0.717, 1.165) is 24.9 Å². The lowest BCUT2D eigenvalue weighted by Gasteiger charge is -2.14. The van der Waals surface area contributed by atoms with E-state index in [9.17, 15) is 9.59 Å². The highest BCUT2D eigenvalue weighted by Crippen LogP contribution is 2.26. The van der Waals surface area contributed by atoms with Crippen LogP contribution < -0.4 is 5.32 Å². The molecule has 0 spiro atoms. The smallest absolute Gasteiger partial charge is 0.344 e. The Balaban J connectivity index is 1.66. The summed E-state index contributed by atoms with van der Waals surface area (Å²) in [5, 5.41) is 6.65. The molecule has 26 heavy (non-hydrogen) atoms. The number of esters is 1. The third-order valence-electron chi connectivity index (χ3n) is 4.64. The van der Waals surface area contributed by atoms with E-state index in [2.05, 4.69) is 10.5 Å². The lowest BCUT2D eigenvalue weighted by molar-refractivity contribution is -0.123. The molecule has 6 heteroatoms. The lowest BCUT2D eigenvalue weighted by atomic mass is 10.1. The Hall–Kier alpha value is -2.63. The van der Waals surface area contributed by atoms with Crippen molar-refractivity contribution in [1.82, 2.24) is 5.16 Å². The Morgan fingerprint density at radius 2 is 1.92 bits per heavy atom. The van der Waals surface area contributed by atoms with Crippen molar-refractivity contribution in [2.75, 3.05) is 5.32 Å². The Kier molecular flexibility index (Phi) is 5.11. The molecule has 0 fully saturated rings. The zero-order valence-corrected chi connectivity index (χ0v) is 15.6. The average molecular weight is 356 g/mol. The Bertz CT molecular complexity index is 838. The molecule has 0 saturated carbocycles. The Morgan fingerprint density at radius 3 is 2.65 bits per heavy atom. The summed E-state index contributed by atoms with van der Waals surface area (Å²) in [6.45, 7) is 7.04. The van der Waals surface area contributed by atoms with Crippen molar-refractivity contribution in [1.29, 1.82) is 0 Å². The normalized spacial score (nSPS) is 14.2. The van der Waals surface area contributed by atoms with Gasteiger partial charge in [0, 0.05) is 11.6 Å². The van der Waals surface area contributed by atoms with Gasteiger partial charge in [0.1, 0.15) is 5.56 Å². The van der Waals surface area contributed by atoms with Gasteiger partial charge in [-0.1, -0.05) is 25.1 Å². The first-order valence-corrected chi connectivity index (χ1v) is 8.96. The van der Waals surface area contributed by atoms with Gasteiger partial charge in [-0.25, -0.2) is 4.79 Å². The number of nitrogens with zero attached hydrogens (tertiary/aromatic N) is 1. The van der Waals surface area contributed by atoms with Crippen LogP contribution in [0, 0.1) is 6.92 Å². The summed E-state index contributed by atoms with van der Waals surface area (Å²) in [6.07, 6.45) is 2.35. The van der Waals surface area contributed by atoms with Gasteiger partial charge in [0.05, 0.1) is 5.69 Å². The van der Waals surface area contributed by atoms with Gasteiger partial charge in [-0.3, -0.25) is 4.79 Å². The van der Waals surface area contributed by atoms with Crippen molar-refractivity contribution in [3.8, 4) is 0 Å². The maximum absolute atomic E-state index is 12.5. The van der Waals surface area contributed by atoms with Gasteiger partial charge < -0.3 is 14.6 Å². The number of rotatable bonds is 5. The van der Waals surface area contributed by atoms with Gasteiger partial charge in [0.15, 0.2) is 11.9 Å². The van der Waals surface area contributed by atoms with Crippen LogP contribution in [0.25, 0.3) is 0 Å². The molecule has 1 aromatic carbocycles. The van der Waals surface area contributed by atoms with E-state index in [1.165, 1.54) is 11.1 Å². The largest absolute Gasteiger partial charge is 0.449 e. The number of aromatic nitrogens is 1. The van der Waals surface area contributed by atoms with Crippen LogP contribution in [0.5, 0.6) is 0 Å². The van der Waals surface area contributed by atoms with Crippen molar-refractivity contribution >= 4 is 17.6 Å². The second-order valence-electron chi connectivity index (χ2n) is 7.04. The fourth-order valence-corrected chi connectivity index (χ4v) is 3.20. The van der Waals surface area contributed by atoms with Crippen LogP contribution in [0.4, 0.5) is 5.69 Å². The second-order valence-corrected chi connectivity index (χ2v) is 7.04. The van der Waals surface area contributed by atoms with Crippen LogP contribution in [0.3, 0.4) is 0 Å². The molecule has 138 valence electrons. The number of nitrogens with one attached hydrogen (secondary N) is 1. The van der Waals surface area contributed by atoms with Gasteiger partial charge in [-0.15, -0.1) is 0 Å². The van der Waals surface area contributed by atoms with Crippen LogP contribution in [0.15, 0.2) is 22.7 Å². The first kappa shape index (κ1) is 18.2. The summed E-state index contributed by atoms with van der Waals surface area (Å²) in [6, 6.07) is 5.93. The van der Waals surface area contributed by atoms with Crippen LogP contribution in [0.2, 0.25) is 0 Å². The number of aryl methyl sites for hydroxylation is 3. The first-order chi connectivity index (χ1) is 12.4. The van der Waals surface area contributed by atoms with Crippen molar-refractivity contribution in [3.05, 3.63) is 46.3 Å². The van der Waals surface area contributed by atoms with E-state index in [-0.39, 0.29) is 11.8 Å². The summed E-state index contributed by atoms with van der Waals surface area (Å²) in [5.74, 6) is -0.492. The van der Waals surface area contributed by atoms with E-state index in [1.807, 2.05) is 32.0 Å². The fourth-order valence-electron chi connectivity index (χ4n) is 3.20. The fraction of sp³-hybridized carbons (Fsp3) is 0.450. The Labute approximate surface area is 152 Å². The number of ether oxygens (including phenoxy) is 1. The highest BCUT2D eigenvalue weighted by Gasteiger charge is 2.27. The molecule has 1 aromatic heterocycles. The molecule has 3 rings (SSSR count). The number of hydrogen-bond donors (Lipinski definition) is 1. The van der Waals surface area contributed by atoms with Crippen LogP contribution >= 0.6 is 0 Å². The third-order valence-corrected chi connectivity index (χ3v) is 4.64. The van der Waals surface area contributed by atoms with Crippen molar-refractivity contribution in [2.45, 2.75) is 59.0 Å². The quantitative estimate of drug-likeness (QED) is 0.825. The monoisotopic (exact) mass is 356 g/mol. The van der Waals surface area contributed by atoms with E-state index in [1.54, 1.807) is 13.8 Å². The number of carbonyl (C=O) groups excluding carboxylic acids is 2. The van der Waals surface area contributed by atoms with Gasteiger partial charge in [0.2, 0.25) is 0 Å². The number of amides is 1. The molecule has 0 bridgehead atoms. The number of hydrogen-bond acceptors (Lipinski definition) is 5. The second kappa shape index (κ2) is 7.32. The molecule has 0 saturated heterocycles. The maximum Gasteiger partial charge on any atom is 0.344 e. The molecule has 0 aliphatic heterocycles. The standard InChI is InChI=1S/C20H24N2O4/c1-11(2)18-17(12(3)22-26-18)20(24)25-13(4)19(23)21-16-9-8-14-6-5-7-15(14)10-16/h8-11,13H,5-7H2,1-4H3,(H,21,23)/t13-/m0/s1. The zero-order chi connectivity index (χ0) is 18.8. The summed E-state index contributed by atoms with van der Waals surface area (Å²) >= 11 is 0. The topological polar surface area (TPSA) is 81.4 Å². The van der Waals surface area contributed by atoms with Crippen LogP contribution in [-0.2, 0) is 22.4 Å². The van der Waals surface area contributed by atoms with Crippen LogP contribution in [0.1, 0.15) is 66.0 Å². The van der Waals surface area contributed by atoms with E-state index in [4.69, 9.17) is 9.26 Å². The maximum atomic E-state index is 12.5.